The molecule has 0 bridgehead atoms. The van der Waals surface area contributed by atoms with Gasteiger partial charge in [-0.3, -0.25) is 19.3 Å². The molecule has 9 nitrogen and oxygen atoms in total. The Kier molecular flexibility index (Phi) is 9.38. The molecule has 190 valence electrons. The Morgan fingerprint density at radius 2 is 1.78 bits per heavy atom. The minimum absolute atomic E-state index is 0.0888. The number of halogens is 1. The molecule has 11 heteroatoms. The van der Waals surface area contributed by atoms with Crippen LogP contribution in [-0.2, 0) is 14.3 Å². The van der Waals surface area contributed by atoms with Gasteiger partial charge in [-0.25, -0.2) is 4.79 Å². The van der Waals surface area contributed by atoms with E-state index >= 15 is 0 Å². The lowest BCUT2D eigenvalue weighted by Crippen LogP contribution is -2.36. The summed E-state index contributed by atoms with van der Waals surface area (Å²) in [5, 5.41) is 2.16. The molecular formula is C25H25ClN2O7S. The van der Waals surface area contributed by atoms with Crippen molar-refractivity contribution in [2.24, 2.45) is 0 Å². The van der Waals surface area contributed by atoms with Crippen LogP contribution in [0.1, 0.15) is 36.7 Å². The lowest BCUT2D eigenvalue weighted by molar-refractivity contribution is -0.127. The van der Waals surface area contributed by atoms with Gasteiger partial charge < -0.3 is 19.5 Å². The molecule has 1 aliphatic heterocycles. The van der Waals surface area contributed by atoms with Crippen LogP contribution in [0.4, 0.5) is 10.5 Å². The molecule has 0 atom stereocenters. The van der Waals surface area contributed by atoms with Crippen molar-refractivity contribution in [2.75, 3.05) is 31.7 Å². The number of carbonyl (C=O) groups is 4. The quantitative estimate of drug-likeness (QED) is 0.336. The molecule has 1 saturated heterocycles. The zero-order valence-electron chi connectivity index (χ0n) is 20.0. The SMILES string of the molecule is CCOC(=O)c1cc(NC(=O)CN2C(=O)S/C(=C/c3ccc(OCC)cc3OCC)C2=O)ccc1Cl. The fraction of sp³-hybridized carbons (Fsp3) is 0.280. The first-order valence-corrected chi connectivity index (χ1v) is 12.4. The van der Waals surface area contributed by atoms with Crippen molar-refractivity contribution in [1.82, 2.24) is 4.90 Å². The smallest absolute Gasteiger partial charge is 0.339 e. The minimum Gasteiger partial charge on any atom is -0.494 e. The third-order valence-corrected chi connectivity index (χ3v) is 6.04. The Bertz CT molecular complexity index is 1210. The van der Waals surface area contributed by atoms with Gasteiger partial charge in [-0.2, -0.15) is 0 Å². The second-order valence-electron chi connectivity index (χ2n) is 7.30. The predicted octanol–water partition coefficient (Wildman–Crippen LogP) is 4.99. The first kappa shape index (κ1) is 27.1. The highest BCUT2D eigenvalue weighted by atomic mass is 35.5. The molecule has 2 aromatic rings. The van der Waals surface area contributed by atoms with Gasteiger partial charge in [-0.15, -0.1) is 0 Å². The van der Waals surface area contributed by atoms with Gasteiger partial charge in [0.05, 0.1) is 35.3 Å². The molecule has 1 fully saturated rings. The molecule has 3 rings (SSSR count). The van der Waals surface area contributed by atoms with E-state index < -0.39 is 29.6 Å². The molecule has 1 N–H and O–H groups in total. The summed E-state index contributed by atoms with van der Waals surface area (Å²) in [6.07, 6.45) is 1.55. The summed E-state index contributed by atoms with van der Waals surface area (Å²) in [5.74, 6) is -0.716. The molecule has 0 aromatic heterocycles. The van der Waals surface area contributed by atoms with Gasteiger partial charge in [0.1, 0.15) is 18.0 Å². The van der Waals surface area contributed by atoms with Crippen molar-refractivity contribution in [2.45, 2.75) is 20.8 Å². The van der Waals surface area contributed by atoms with Crippen molar-refractivity contribution >= 4 is 58.1 Å². The lowest BCUT2D eigenvalue weighted by Gasteiger charge is -2.13. The molecule has 1 heterocycles. The second-order valence-corrected chi connectivity index (χ2v) is 8.70. The third kappa shape index (κ3) is 6.58. The van der Waals surface area contributed by atoms with Crippen LogP contribution in [0.15, 0.2) is 41.3 Å². The van der Waals surface area contributed by atoms with Crippen LogP contribution < -0.4 is 14.8 Å². The highest BCUT2D eigenvalue weighted by Crippen LogP contribution is 2.35. The zero-order chi connectivity index (χ0) is 26.2. The molecule has 1 aliphatic rings. The van der Waals surface area contributed by atoms with Crippen molar-refractivity contribution in [3.8, 4) is 11.5 Å². The van der Waals surface area contributed by atoms with E-state index in [0.29, 0.717) is 30.3 Å². The van der Waals surface area contributed by atoms with Gasteiger partial charge in [0.15, 0.2) is 0 Å². The van der Waals surface area contributed by atoms with Gasteiger partial charge in [0, 0.05) is 17.3 Å². The summed E-state index contributed by atoms with van der Waals surface area (Å²) < 4.78 is 16.1. The molecule has 0 aliphatic carbocycles. The number of imide groups is 1. The lowest BCUT2D eigenvalue weighted by atomic mass is 10.1. The van der Waals surface area contributed by atoms with E-state index in [-0.39, 0.29) is 27.8 Å². The van der Waals surface area contributed by atoms with Gasteiger partial charge >= 0.3 is 5.97 Å². The number of carbonyl (C=O) groups excluding carboxylic acids is 4. The normalized spacial score (nSPS) is 14.2. The van der Waals surface area contributed by atoms with Crippen molar-refractivity contribution < 1.29 is 33.4 Å². The summed E-state index contributed by atoms with van der Waals surface area (Å²) >= 11 is 6.77. The van der Waals surface area contributed by atoms with Crippen LogP contribution in [0.25, 0.3) is 6.08 Å². The Balaban J connectivity index is 1.73. The largest absolute Gasteiger partial charge is 0.494 e. The second kappa shape index (κ2) is 12.5. The fourth-order valence-electron chi connectivity index (χ4n) is 3.26. The summed E-state index contributed by atoms with van der Waals surface area (Å²) in [4.78, 5) is 51.0. The third-order valence-electron chi connectivity index (χ3n) is 4.80. The summed E-state index contributed by atoms with van der Waals surface area (Å²) in [5.41, 5.74) is 0.958. The number of hydrogen-bond acceptors (Lipinski definition) is 8. The van der Waals surface area contributed by atoms with Crippen LogP contribution >= 0.6 is 23.4 Å². The molecule has 2 aromatic carbocycles. The standard InChI is InChI=1S/C25H25ClN2O7S/c1-4-33-17-9-7-15(20(13-17)34-5-2)11-21-23(30)28(25(32)36-21)14-22(29)27-16-8-10-19(26)18(12-16)24(31)35-6-3/h7-13H,4-6,14H2,1-3H3,(H,27,29)/b21-11+. The van der Waals surface area contributed by atoms with Gasteiger partial charge in [-0.05, 0) is 68.9 Å². The van der Waals surface area contributed by atoms with Crippen LogP contribution in [0.2, 0.25) is 5.02 Å². The predicted molar refractivity (Wildman–Crippen MR) is 137 cm³/mol. The maximum atomic E-state index is 12.9. The number of anilines is 1. The van der Waals surface area contributed by atoms with Crippen LogP contribution in [0, 0.1) is 0 Å². The Morgan fingerprint density at radius 1 is 1.03 bits per heavy atom. The van der Waals surface area contributed by atoms with Gasteiger partial charge in [-0.1, -0.05) is 11.6 Å². The van der Waals surface area contributed by atoms with E-state index in [1.807, 2.05) is 13.8 Å². The van der Waals surface area contributed by atoms with E-state index in [1.54, 1.807) is 31.2 Å². The number of nitrogens with zero attached hydrogens (tertiary/aromatic N) is 1. The topological polar surface area (TPSA) is 111 Å². The number of thioether (sulfide) groups is 1. The summed E-state index contributed by atoms with van der Waals surface area (Å²) in [6, 6.07) is 9.50. The Labute approximate surface area is 217 Å². The number of ether oxygens (including phenoxy) is 3. The minimum atomic E-state index is -0.629. The number of benzene rings is 2. The highest BCUT2D eigenvalue weighted by Gasteiger charge is 2.36. The Morgan fingerprint density at radius 3 is 2.47 bits per heavy atom. The Hall–Kier alpha value is -3.50. The molecule has 3 amide bonds. The molecule has 0 saturated carbocycles. The first-order valence-electron chi connectivity index (χ1n) is 11.2. The molecule has 0 unspecified atom stereocenters. The van der Waals surface area contributed by atoms with E-state index in [4.69, 9.17) is 25.8 Å². The van der Waals surface area contributed by atoms with E-state index in [1.165, 1.54) is 18.2 Å². The van der Waals surface area contributed by atoms with Crippen molar-refractivity contribution in [3.05, 3.63) is 57.5 Å². The van der Waals surface area contributed by atoms with Gasteiger partial charge in [0.25, 0.3) is 11.1 Å². The van der Waals surface area contributed by atoms with Crippen LogP contribution in [0.5, 0.6) is 11.5 Å². The fourth-order valence-corrected chi connectivity index (χ4v) is 4.28. The number of esters is 1. The highest BCUT2D eigenvalue weighted by molar-refractivity contribution is 8.18. The maximum absolute atomic E-state index is 12.9. The molecule has 0 radical (unpaired) electrons. The molecule has 36 heavy (non-hydrogen) atoms. The first-order chi connectivity index (χ1) is 17.3. The average Bonchev–Trinajstić information content (AvgIpc) is 3.09. The van der Waals surface area contributed by atoms with Crippen molar-refractivity contribution in [1.29, 1.82) is 0 Å². The van der Waals surface area contributed by atoms with Crippen LogP contribution in [-0.4, -0.2) is 54.3 Å². The number of amides is 3. The van der Waals surface area contributed by atoms with Crippen molar-refractivity contribution in [3.63, 3.8) is 0 Å². The zero-order valence-corrected chi connectivity index (χ0v) is 21.5. The average molecular weight is 533 g/mol. The van der Waals surface area contributed by atoms with E-state index in [9.17, 15) is 19.2 Å². The van der Waals surface area contributed by atoms with E-state index in [0.717, 1.165) is 16.7 Å². The number of rotatable bonds is 10. The number of nitrogens with one attached hydrogen (secondary N) is 1. The summed E-state index contributed by atoms with van der Waals surface area (Å²) in [6.45, 7) is 5.93. The maximum Gasteiger partial charge on any atom is 0.339 e. The van der Waals surface area contributed by atoms with E-state index in [2.05, 4.69) is 5.32 Å². The molecule has 0 spiro atoms. The van der Waals surface area contributed by atoms with Gasteiger partial charge in [0.2, 0.25) is 5.91 Å². The summed E-state index contributed by atoms with van der Waals surface area (Å²) in [7, 11) is 0. The monoisotopic (exact) mass is 532 g/mol. The van der Waals surface area contributed by atoms with Crippen LogP contribution in [0.3, 0.4) is 0 Å². The molecular weight excluding hydrogens is 508 g/mol. The number of hydrogen-bond donors (Lipinski definition) is 1.